The lowest BCUT2D eigenvalue weighted by Gasteiger charge is -2.04. The maximum absolute atomic E-state index is 11.4. The zero-order valence-corrected chi connectivity index (χ0v) is 10.8. The SMILES string of the molecule is CNC(=O)c1ccn(Cc2cccc(C(=O)NN)n2)n1. The molecule has 8 heteroatoms. The largest absolute Gasteiger partial charge is 0.354 e. The Hall–Kier alpha value is -2.74. The summed E-state index contributed by atoms with van der Waals surface area (Å²) in [6, 6.07) is 6.63. The molecule has 4 N–H and O–H groups in total. The fourth-order valence-electron chi connectivity index (χ4n) is 1.63. The van der Waals surface area contributed by atoms with Crippen molar-refractivity contribution in [1.29, 1.82) is 0 Å². The Labute approximate surface area is 115 Å². The summed E-state index contributed by atoms with van der Waals surface area (Å²) in [4.78, 5) is 26.9. The van der Waals surface area contributed by atoms with Gasteiger partial charge < -0.3 is 5.32 Å². The average Bonchev–Trinajstić information content (AvgIpc) is 2.94. The van der Waals surface area contributed by atoms with Crippen LogP contribution in [0.5, 0.6) is 0 Å². The van der Waals surface area contributed by atoms with Crippen LogP contribution in [0.15, 0.2) is 30.5 Å². The number of pyridine rings is 1. The Bertz CT molecular complexity index is 636. The smallest absolute Gasteiger partial charge is 0.283 e. The summed E-state index contributed by atoms with van der Waals surface area (Å²) in [5.74, 6) is 4.34. The van der Waals surface area contributed by atoms with Gasteiger partial charge in [0.25, 0.3) is 11.8 Å². The van der Waals surface area contributed by atoms with Gasteiger partial charge in [-0.05, 0) is 18.2 Å². The lowest BCUT2D eigenvalue weighted by Crippen LogP contribution is -2.30. The predicted molar refractivity (Wildman–Crippen MR) is 70.6 cm³/mol. The maximum atomic E-state index is 11.4. The van der Waals surface area contributed by atoms with E-state index in [4.69, 9.17) is 5.84 Å². The van der Waals surface area contributed by atoms with Crippen LogP contribution in [0.3, 0.4) is 0 Å². The van der Waals surface area contributed by atoms with Crippen molar-refractivity contribution in [3.05, 3.63) is 47.5 Å². The van der Waals surface area contributed by atoms with E-state index in [2.05, 4.69) is 15.4 Å². The van der Waals surface area contributed by atoms with Crippen LogP contribution in [-0.2, 0) is 6.54 Å². The number of aromatic nitrogens is 3. The number of nitrogen functional groups attached to an aromatic ring is 1. The molecule has 0 saturated carbocycles. The monoisotopic (exact) mass is 274 g/mol. The molecule has 8 nitrogen and oxygen atoms in total. The second-order valence-corrected chi connectivity index (χ2v) is 3.97. The second-order valence-electron chi connectivity index (χ2n) is 3.97. The molecule has 0 radical (unpaired) electrons. The number of hydrogen-bond donors (Lipinski definition) is 3. The molecule has 0 aliphatic carbocycles. The van der Waals surface area contributed by atoms with Gasteiger partial charge in [0, 0.05) is 13.2 Å². The van der Waals surface area contributed by atoms with Gasteiger partial charge in [0.15, 0.2) is 0 Å². The van der Waals surface area contributed by atoms with Gasteiger partial charge in [0.1, 0.15) is 11.4 Å². The summed E-state index contributed by atoms with van der Waals surface area (Å²) in [6.45, 7) is 0.350. The van der Waals surface area contributed by atoms with Gasteiger partial charge in [-0.25, -0.2) is 10.8 Å². The minimum absolute atomic E-state index is 0.226. The van der Waals surface area contributed by atoms with E-state index in [1.54, 1.807) is 35.1 Å². The van der Waals surface area contributed by atoms with Gasteiger partial charge in [-0.3, -0.25) is 19.7 Å². The van der Waals surface area contributed by atoms with Crippen LogP contribution in [0.4, 0.5) is 0 Å². The molecule has 2 heterocycles. The molecular formula is C12H14N6O2. The van der Waals surface area contributed by atoms with Gasteiger partial charge in [0.05, 0.1) is 12.2 Å². The molecule has 0 bridgehead atoms. The number of nitrogens with one attached hydrogen (secondary N) is 2. The summed E-state index contributed by atoms with van der Waals surface area (Å²) < 4.78 is 1.57. The topological polar surface area (TPSA) is 115 Å². The molecule has 0 aliphatic rings. The van der Waals surface area contributed by atoms with E-state index in [1.807, 2.05) is 5.43 Å². The molecule has 0 aromatic carbocycles. The number of nitrogens with two attached hydrogens (primary N) is 1. The number of carbonyl (C=O) groups excluding carboxylic acids is 2. The van der Waals surface area contributed by atoms with E-state index < -0.39 is 5.91 Å². The van der Waals surface area contributed by atoms with E-state index in [0.717, 1.165) is 0 Å². The Morgan fingerprint density at radius 3 is 2.75 bits per heavy atom. The zero-order chi connectivity index (χ0) is 14.5. The van der Waals surface area contributed by atoms with Crippen molar-refractivity contribution in [2.45, 2.75) is 6.54 Å². The summed E-state index contributed by atoms with van der Waals surface area (Å²) >= 11 is 0. The Morgan fingerprint density at radius 1 is 1.25 bits per heavy atom. The summed E-state index contributed by atoms with van der Waals surface area (Å²) in [6.07, 6.45) is 1.67. The van der Waals surface area contributed by atoms with E-state index in [1.165, 1.54) is 7.05 Å². The molecule has 20 heavy (non-hydrogen) atoms. The number of nitrogens with zero attached hydrogens (tertiary/aromatic N) is 3. The third kappa shape index (κ3) is 2.98. The molecule has 2 amide bonds. The quantitative estimate of drug-likeness (QED) is 0.387. The minimum Gasteiger partial charge on any atom is -0.354 e. The van der Waals surface area contributed by atoms with E-state index >= 15 is 0 Å². The van der Waals surface area contributed by atoms with Crippen LogP contribution < -0.4 is 16.6 Å². The molecule has 2 rings (SSSR count). The van der Waals surface area contributed by atoms with Gasteiger partial charge in [-0.1, -0.05) is 6.07 Å². The highest BCUT2D eigenvalue weighted by atomic mass is 16.2. The highest BCUT2D eigenvalue weighted by Crippen LogP contribution is 2.03. The lowest BCUT2D eigenvalue weighted by molar-refractivity contribution is 0.0944. The molecular weight excluding hydrogens is 260 g/mol. The van der Waals surface area contributed by atoms with Crippen LogP contribution in [0, 0.1) is 0 Å². The first-order valence-electron chi connectivity index (χ1n) is 5.86. The third-order valence-corrected chi connectivity index (χ3v) is 2.59. The summed E-state index contributed by atoms with van der Waals surface area (Å²) in [5.41, 5.74) is 3.21. The number of rotatable bonds is 4. The first-order chi connectivity index (χ1) is 9.63. The first-order valence-corrected chi connectivity index (χ1v) is 5.86. The van der Waals surface area contributed by atoms with Gasteiger partial charge >= 0.3 is 0 Å². The first kappa shape index (κ1) is 13.7. The van der Waals surface area contributed by atoms with Crippen molar-refractivity contribution in [3.8, 4) is 0 Å². The van der Waals surface area contributed by atoms with E-state index in [9.17, 15) is 9.59 Å². The molecule has 0 unspecified atom stereocenters. The fourth-order valence-corrected chi connectivity index (χ4v) is 1.63. The third-order valence-electron chi connectivity index (χ3n) is 2.59. The Kier molecular flexibility index (Phi) is 4.06. The van der Waals surface area contributed by atoms with Crippen LogP contribution in [0.25, 0.3) is 0 Å². The number of carbonyl (C=O) groups is 2. The molecule has 2 aromatic rings. The molecule has 104 valence electrons. The molecule has 2 aromatic heterocycles. The Balaban J connectivity index is 2.16. The molecule has 0 saturated heterocycles. The summed E-state index contributed by atoms with van der Waals surface area (Å²) in [7, 11) is 1.54. The van der Waals surface area contributed by atoms with E-state index in [-0.39, 0.29) is 11.6 Å². The second kappa shape index (κ2) is 5.93. The normalized spacial score (nSPS) is 10.1. The van der Waals surface area contributed by atoms with Crippen LogP contribution in [-0.4, -0.2) is 33.6 Å². The van der Waals surface area contributed by atoms with Crippen molar-refractivity contribution in [3.63, 3.8) is 0 Å². The highest BCUT2D eigenvalue weighted by Gasteiger charge is 2.09. The standard InChI is InChI=1S/C12H14N6O2/c1-14-11(19)10-5-6-18(17-10)7-8-3-2-4-9(15-8)12(20)16-13/h2-6H,7,13H2,1H3,(H,14,19)(H,16,20). The van der Waals surface area contributed by atoms with Crippen LogP contribution in [0.2, 0.25) is 0 Å². The van der Waals surface area contributed by atoms with Gasteiger partial charge in [-0.15, -0.1) is 0 Å². The van der Waals surface area contributed by atoms with Crippen molar-refractivity contribution >= 4 is 11.8 Å². The predicted octanol–water partition coefficient (Wildman–Crippen LogP) is -0.710. The van der Waals surface area contributed by atoms with Crippen molar-refractivity contribution in [2.75, 3.05) is 7.05 Å². The molecule has 0 spiro atoms. The van der Waals surface area contributed by atoms with Crippen LogP contribution >= 0.6 is 0 Å². The Morgan fingerprint density at radius 2 is 2.05 bits per heavy atom. The minimum atomic E-state index is -0.460. The van der Waals surface area contributed by atoms with Crippen molar-refractivity contribution in [2.24, 2.45) is 5.84 Å². The number of hydrazine groups is 1. The molecule has 0 aliphatic heterocycles. The van der Waals surface area contributed by atoms with Gasteiger partial charge in [0.2, 0.25) is 0 Å². The molecule has 0 atom stereocenters. The number of amides is 2. The summed E-state index contributed by atoms with van der Waals surface area (Å²) in [5, 5.41) is 6.60. The fraction of sp³-hybridized carbons (Fsp3) is 0.167. The molecule has 0 fully saturated rings. The zero-order valence-electron chi connectivity index (χ0n) is 10.8. The van der Waals surface area contributed by atoms with Gasteiger partial charge in [-0.2, -0.15) is 5.10 Å². The number of hydrogen-bond acceptors (Lipinski definition) is 5. The van der Waals surface area contributed by atoms with Crippen LogP contribution in [0.1, 0.15) is 26.7 Å². The highest BCUT2D eigenvalue weighted by molar-refractivity contribution is 5.92. The maximum Gasteiger partial charge on any atom is 0.283 e. The van der Waals surface area contributed by atoms with Crippen molar-refractivity contribution in [1.82, 2.24) is 25.5 Å². The van der Waals surface area contributed by atoms with E-state index in [0.29, 0.717) is 17.9 Å². The van der Waals surface area contributed by atoms with Crippen molar-refractivity contribution < 1.29 is 9.59 Å². The average molecular weight is 274 g/mol. The lowest BCUT2D eigenvalue weighted by atomic mass is 10.3.